The second-order valence-corrected chi connectivity index (χ2v) is 3.27. The Morgan fingerprint density at radius 3 is 3.06 bits per heavy atom. The van der Waals surface area contributed by atoms with E-state index >= 15 is 0 Å². The van der Waals surface area contributed by atoms with Crippen molar-refractivity contribution in [3.63, 3.8) is 0 Å². The molecule has 0 saturated heterocycles. The van der Waals surface area contributed by atoms with Crippen LogP contribution in [0.2, 0.25) is 0 Å². The lowest BCUT2D eigenvalue weighted by atomic mass is 10.4. The van der Waals surface area contributed by atoms with Crippen LogP contribution in [0, 0.1) is 0 Å². The fourth-order valence-electron chi connectivity index (χ4n) is 1.45. The standard InChI is InChI=1S/C10H12N4O2/c11-4-7-5-13-10-8(16-6-9(12)15)2-1-3-14(7)10/h1-3,5H,4,6,11H2,(H2,12,15). The van der Waals surface area contributed by atoms with Gasteiger partial charge in [-0.3, -0.25) is 9.20 Å². The van der Waals surface area contributed by atoms with Crippen molar-refractivity contribution in [2.45, 2.75) is 6.54 Å². The Morgan fingerprint density at radius 1 is 1.56 bits per heavy atom. The molecular formula is C10H12N4O2. The van der Waals surface area contributed by atoms with Crippen molar-refractivity contribution >= 4 is 11.6 Å². The summed E-state index contributed by atoms with van der Waals surface area (Å²) >= 11 is 0. The zero-order valence-corrected chi connectivity index (χ0v) is 8.59. The van der Waals surface area contributed by atoms with Gasteiger partial charge in [-0.25, -0.2) is 4.98 Å². The number of hydrogen-bond acceptors (Lipinski definition) is 4. The molecular weight excluding hydrogens is 208 g/mol. The Morgan fingerprint density at radius 2 is 2.38 bits per heavy atom. The summed E-state index contributed by atoms with van der Waals surface area (Å²) in [5.41, 5.74) is 12.1. The molecule has 84 valence electrons. The minimum Gasteiger partial charge on any atom is -0.480 e. The van der Waals surface area contributed by atoms with Crippen LogP contribution in [0.3, 0.4) is 0 Å². The van der Waals surface area contributed by atoms with E-state index in [-0.39, 0.29) is 6.61 Å². The average molecular weight is 220 g/mol. The summed E-state index contributed by atoms with van der Waals surface area (Å²) in [6.45, 7) is 0.227. The summed E-state index contributed by atoms with van der Waals surface area (Å²) in [6.07, 6.45) is 3.51. The number of nitrogens with zero attached hydrogens (tertiary/aromatic N) is 2. The van der Waals surface area contributed by atoms with E-state index in [0.717, 1.165) is 5.69 Å². The first-order chi connectivity index (χ1) is 7.72. The van der Waals surface area contributed by atoms with Gasteiger partial charge in [-0.2, -0.15) is 0 Å². The molecule has 4 N–H and O–H groups in total. The van der Waals surface area contributed by atoms with Crippen LogP contribution in [-0.2, 0) is 11.3 Å². The van der Waals surface area contributed by atoms with Gasteiger partial charge in [0, 0.05) is 12.7 Å². The van der Waals surface area contributed by atoms with Gasteiger partial charge in [0.2, 0.25) is 0 Å². The highest BCUT2D eigenvalue weighted by molar-refractivity contribution is 5.75. The van der Waals surface area contributed by atoms with E-state index < -0.39 is 5.91 Å². The predicted molar refractivity (Wildman–Crippen MR) is 57.8 cm³/mol. The summed E-state index contributed by atoms with van der Waals surface area (Å²) in [4.78, 5) is 14.8. The highest BCUT2D eigenvalue weighted by Gasteiger charge is 2.07. The number of primary amides is 1. The molecule has 0 radical (unpaired) electrons. The molecule has 0 aliphatic carbocycles. The maximum Gasteiger partial charge on any atom is 0.255 e. The molecule has 0 bridgehead atoms. The molecule has 2 aromatic heterocycles. The molecule has 0 saturated carbocycles. The third kappa shape index (κ3) is 1.82. The van der Waals surface area contributed by atoms with Crippen LogP contribution >= 0.6 is 0 Å². The van der Waals surface area contributed by atoms with E-state index in [4.69, 9.17) is 16.2 Å². The van der Waals surface area contributed by atoms with Crippen LogP contribution in [0.4, 0.5) is 0 Å². The number of pyridine rings is 1. The monoisotopic (exact) mass is 220 g/mol. The molecule has 16 heavy (non-hydrogen) atoms. The second-order valence-electron chi connectivity index (χ2n) is 3.27. The van der Waals surface area contributed by atoms with E-state index in [9.17, 15) is 4.79 Å². The fourth-order valence-corrected chi connectivity index (χ4v) is 1.45. The lowest BCUT2D eigenvalue weighted by molar-refractivity contribution is -0.119. The summed E-state index contributed by atoms with van der Waals surface area (Å²) < 4.78 is 7.06. The van der Waals surface area contributed by atoms with Crippen molar-refractivity contribution in [3.05, 3.63) is 30.2 Å². The lowest BCUT2D eigenvalue weighted by Crippen LogP contribution is -2.20. The van der Waals surface area contributed by atoms with Crippen LogP contribution < -0.4 is 16.2 Å². The fraction of sp³-hybridized carbons (Fsp3) is 0.200. The Kier molecular flexibility index (Phi) is 2.74. The number of rotatable bonds is 4. The number of fused-ring (bicyclic) bond motifs is 1. The van der Waals surface area contributed by atoms with Gasteiger partial charge in [-0.1, -0.05) is 0 Å². The Labute approximate surface area is 91.8 Å². The molecule has 2 rings (SSSR count). The van der Waals surface area contributed by atoms with Crippen LogP contribution in [-0.4, -0.2) is 21.9 Å². The second kappa shape index (κ2) is 4.19. The minimum atomic E-state index is -0.521. The van der Waals surface area contributed by atoms with Crippen molar-refractivity contribution < 1.29 is 9.53 Å². The molecule has 0 aromatic carbocycles. The summed E-state index contributed by atoms with van der Waals surface area (Å²) in [6, 6.07) is 3.52. The third-order valence-electron chi connectivity index (χ3n) is 2.16. The van der Waals surface area contributed by atoms with Crippen molar-refractivity contribution in [3.8, 4) is 5.75 Å². The van der Waals surface area contributed by atoms with Crippen LogP contribution in [0.25, 0.3) is 5.65 Å². The summed E-state index contributed by atoms with van der Waals surface area (Å²) in [7, 11) is 0. The van der Waals surface area contributed by atoms with Crippen LogP contribution in [0.15, 0.2) is 24.5 Å². The van der Waals surface area contributed by atoms with Gasteiger partial charge < -0.3 is 16.2 Å². The Hall–Kier alpha value is -2.08. The molecule has 0 unspecified atom stereocenters. The molecule has 0 aliphatic rings. The molecule has 0 spiro atoms. The molecule has 0 fully saturated rings. The SMILES string of the molecule is NCc1cnc2c(OCC(N)=O)cccn12. The normalized spacial score (nSPS) is 10.6. The van der Waals surface area contributed by atoms with E-state index in [0.29, 0.717) is 17.9 Å². The molecule has 0 aliphatic heterocycles. The zero-order chi connectivity index (χ0) is 11.5. The van der Waals surface area contributed by atoms with Crippen LogP contribution in [0.5, 0.6) is 5.75 Å². The number of carbonyl (C=O) groups excluding carboxylic acids is 1. The number of aromatic nitrogens is 2. The lowest BCUT2D eigenvalue weighted by Gasteiger charge is -2.05. The van der Waals surface area contributed by atoms with Crippen LogP contribution in [0.1, 0.15) is 5.69 Å². The quantitative estimate of drug-likeness (QED) is 0.736. The summed E-state index contributed by atoms with van der Waals surface area (Å²) in [5, 5.41) is 0. The van der Waals surface area contributed by atoms with Gasteiger partial charge >= 0.3 is 0 Å². The highest BCUT2D eigenvalue weighted by atomic mass is 16.5. The maximum absolute atomic E-state index is 10.6. The molecule has 2 aromatic rings. The number of carbonyl (C=O) groups is 1. The zero-order valence-electron chi connectivity index (χ0n) is 8.59. The summed E-state index contributed by atoms with van der Waals surface area (Å²) in [5.74, 6) is -0.00592. The van der Waals surface area contributed by atoms with Crippen molar-refractivity contribution in [2.24, 2.45) is 11.5 Å². The minimum absolute atomic E-state index is 0.162. The first-order valence-corrected chi connectivity index (χ1v) is 4.78. The van der Waals surface area contributed by atoms with Gasteiger partial charge in [-0.05, 0) is 12.1 Å². The molecule has 2 heterocycles. The number of amides is 1. The largest absolute Gasteiger partial charge is 0.480 e. The van der Waals surface area contributed by atoms with Gasteiger partial charge in [0.1, 0.15) is 0 Å². The average Bonchev–Trinajstić information content (AvgIpc) is 2.69. The molecule has 6 nitrogen and oxygen atoms in total. The number of hydrogen-bond donors (Lipinski definition) is 2. The Bertz CT molecular complexity index is 521. The van der Waals surface area contributed by atoms with E-state index in [1.807, 2.05) is 10.6 Å². The smallest absolute Gasteiger partial charge is 0.255 e. The maximum atomic E-state index is 10.6. The topological polar surface area (TPSA) is 95.6 Å². The van der Waals surface area contributed by atoms with Crippen molar-refractivity contribution in [1.29, 1.82) is 0 Å². The number of nitrogens with two attached hydrogens (primary N) is 2. The predicted octanol–water partition coefficient (Wildman–Crippen LogP) is -0.343. The van der Waals surface area contributed by atoms with Gasteiger partial charge in [0.15, 0.2) is 18.0 Å². The number of ether oxygens (including phenoxy) is 1. The van der Waals surface area contributed by atoms with Crippen molar-refractivity contribution in [1.82, 2.24) is 9.38 Å². The molecule has 1 amide bonds. The highest BCUT2D eigenvalue weighted by Crippen LogP contribution is 2.19. The van der Waals surface area contributed by atoms with E-state index in [1.54, 1.807) is 18.3 Å². The first-order valence-electron chi connectivity index (χ1n) is 4.78. The first kappa shape index (κ1) is 10.4. The van der Waals surface area contributed by atoms with Gasteiger partial charge in [-0.15, -0.1) is 0 Å². The molecule has 0 atom stereocenters. The number of imidazole rings is 1. The van der Waals surface area contributed by atoms with E-state index in [1.165, 1.54) is 0 Å². The Balaban J connectivity index is 2.38. The van der Waals surface area contributed by atoms with Gasteiger partial charge in [0.25, 0.3) is 5.91 Å². The van der Waals surface area contributed by atoms with Crippen molar-refractivity contribution in [2.75, 3.05) is 6.61 Å². The van der Waals surface area contributed by atoms with E-state index in [2.05, 4.69) is 4.98 Å². The molecule has 6 heteroatoms. The van der Waals surface area contributed by atoms with Gasteiger partial charge in [0.05, 0.1) is 11.9 Å². The third-order valence-corrected chi connectivity index (χ3v) is 2.16.